The first-order chi connectivity index (χ1) is 16.0. The van der Waals surface area contributed by atoms with E-state index in [0.29, 0.717) is 17.9 Å². The summed E-state index contributed by atoms with van der Waals surface area (Å²) in [6, 6.07) is 29.5. The van der Waals surface area contributed by atoms with Crippen molar-refractivity contribution < 1.29 is 14.3 Å². The summed E-state index contributed by atoms with van der Waals surface area (Å²) in [6.07, 6.45) is 0. The lowest BCUT2D eigenvalue weighted by atomic mass is 10.1. The Balaban J connectivity index is 1.48. The highest BCUT2D eigenvalue weighted by atomic mass is 16.5. The molecule has 1 amide bonds. The van der Waals surface area contributed by atoms with Crippen molar-refractivity contribution in [3.63, 3.8) is 0 Å². The quantitative estimate of drug-likeness (QED) is 0.345. The molecule has 1 N–H and O–H groups in total. The molecule has 4 aromatic carbocycles. The van der Waals surface area contributed by atoms with Gasteiger partial charge in [0.2, 0.25) is 0 Å². The van der Waals surface area contributed by atoms with Crippen LogP contribution in [-0.2, 0) is 6.61 Å². The number of hydrogen-bond donors (Lipinski definition) is 1. The largest absolute Gasteiger partial charge is 0.496 e. The number of carbonyl (C=O) groups excluding carboxylic acids is 1. The van der Waals surface area contributed by atoms with Gasteiger partial charge in [0.1, 0.15) is 18.1 Å². The van der Waals surface area contributed by atoms with Gasteiger partial charge in [-0.3, -0.25) is 4.79 Å². The van der Waals surface area contributed by atoms with E-state index in [4.69, 9.17) is 9.47 Å². The van der Waals surface area contributed by atoms with Gasteiger partial charge in [-0.1, -0.05) is 60.7 Å². The molecule has 4 heteroatoms. The topological polar surface area (TPSA) is 47.6 Å². The Bertz CT molecular complexity index is 1230. The number of para-hydroxylation sites is 1. The van der Waals surface area contributed by atoms with Crippen molar-refractivity contribution in [2.24, 2.45) is 0 Å². The molecule has 33 heavy (non-hydrogen) atoms. The van der Waals surface area contributed by atoms with E-state index in [1.54, 1.807) is 19.2 Å². The number of aryl methyl sites for hydroxylation is 2. The number of benzene rings is 4. The number of anilines is 1. The zero-order chi connectivity index (χ0) is 23.2. The summed E-state index contributed by atoms with van der Waals surface area (Å²) in [4.78, 5) is 12.9. The molecule has 0 unspecified atom stereocenters. The number of ether oxygens (including phenoxy) is 2. The Morgan fingerprint density at radius 3 is 2.12 bits per heavy atom. The van der Waals surface area contributed by atoms with Gasteiger partial charge >= 0.3 is 0 Å². The highest BCUT2D eigenvalue weighted by Gasteiger charge is 2.13. The molecular weight excluding hydrogens is 410 g/mol. The molecule has 4 aromatic rings. The van der Waals surface area contributed by atoms with Gasteiger partial charge in [0.25, 0.3) is 5.91 Å². The summed E-state index contributed by atoms with van der Waals surface area (Å²) >= 11 is 0. The molecule has 0 aromatic heterocycles. The van der Waals surface area contributed by atoms with E-state index < -0.39 is 0 Å². The van der Waals surface area contributed by atoms with Crippen LogP contribution in [0.15, 0.2) is 91.0 Å². The zero-order valence-corrected chi connectivity index (χ0v) is 19.1. The Kier molecular flexibility index (Phi) is 6.75. The Hall–Kier alpha value is -4.05. The number of carbonyl (C=O) groups is 1. The molecule has 0 bridgehead atoms. The molecule has 0 saturated heterocycles. The third kappa shape index (κ3) is 5.24. The van der Waals surface area contributed by atoms with E-state index in [2.05, 4.69) is 17.4 Å². The van der Waals surface area contributed by atoms with E-state index in [1.807, 2.05) is 80.6 Å². The summed E-state index contributed by atoms with van der Waals surface area (Å²) in [5, 5.41) is 3.03. The smallest absolute Gasteiger partial charge is 0.255 e. The molecule has 166 valence electrons. The zero-order valence-electron chi connectivity index (χ0n) is 19.1. The van der Waals surface area contributed by atoms with Crippen LogP contribution in [-0.4, -0.2) is 13.0 Å². The van der Waals surface area contributed by atoms with E-state index in [1.165, 1.54) is 0 Å². The molecule has 0 heterocycles. The Morgan fingerprint density at radius 1 is 0.788 bits per heavy atom. The van der Waals surface area contributed by atoms with Crippen molar-refractivity contribution >= 4 is 11.6 Å². The maximum Gasteiger partial charge on any atom is 0.255 e. The molecule has 0 fully saturated rings. The molecule has 0 spiro atoms. The minimum Gasteiger partial charge on any atom is -0.496 e. The van der Waals surface area contributed by atoms with Crippen LogP contribution < -0.4 is 14.8 Å². The first-order valence-electron chi connectivity index (χ1n) is 10.9. The summed E-state index contributed by atoms with van der Waals surface area (Å²) in [5.74, 6) is 1.27. The molecule has 0 aliphatic carbocycles. The Morgan fingerprint density at radius 2 is 1.45 bits per heavy atom. The van der Waals surface area contributed by atoms with Crippen molar-refractivity contribution in [1.29, 1.82) is 0 Å². The fourth-order valence-corrected chi connectivity index (χ4v) is 3.77. The summed E-state index contributed by atoms with van der Waals surface area (Å²) in [6.45, 7) is 4.26. The average Bonchev–Trinajstić information content (AvgIpc) is 2.85. The summed E-state index contributed by atoms with van der Waals surface area (Å²) in [7, 11) is 1.62. The van der Waals surface area contributed by atoms with E-state index >= 15 is 0 Å². The highest BCUT2D eigenvalue weighted by molar-refractivity contribution is 6.05. The first-order valence-corrected chi connectivity index (χ1v) is 10.9. The van der Waals surface area contributed by atoms with Gasteiger partial charge < -0.3 is 14.8 Å². The first kappa shape index (κ1) is 22.2. The number of rotatable bonds is 7. The van der Waals surface area contributed by atoms with Crippen molar-refractivity contribution in [3.8, 4) is 22.6 Å². The van der Waals surface area contributed by atoms with Crippen LogP contribution in [0.25, 0.3) is 11.1 Å². The summed E-state index contributed by atoms with van der Waals surface area (Å²) < 4.78 is 11.5. The second-order valence-corrected chi connectivity index (χ2v) is 7.93. The molecule has 0 aliphatic rings. The lowest BCUT2D eigenvalue weighted by Gasteiger charge is -2.14. The van der Waals surface area contributed by atoms with E-state index in [0.717, 1.165) is 39.3 Å². The normalized spacial score (nSPS) is 10.5. The van der Waals surface area contributed by atoms with Crippen LogP contribution in [0.5, 0.6) is 11.5 Å². The summed E-state index contributed by atoms with van der Waals surface area (Å²) in [5.41, 5.74) is 6.54. The van der Waals surface area contributed by atoms with Gasteiger partial charge in [0.05, 0.1) is 7.11 Å². The SMILES string of the molecule is COc1ccc(C(=O)Nc2c(C)cccc2C)cc1COc1ccc(-c2ccccc2)cc1. The fourth-order valence-electron chi connectivity index (χ4n) is 3.77. The van der Waals surface area contributed by atoms with Crippen LogP contribution in [0.2, 0.25) is 0 Å². The van der Waals surface area contributed by atoms with Crippen LogP contribution in [0, 0.1) is 13.8 Å². The predicted octanol–water partition coefficient (Wildman–Crippen LogP) is 6.81. The van der Waals surface area contributed by atoms with Gasteiger partial charge in [-0.25, -0.2) is 0 Å². The lowest BCUT2D eigenvalue weighted by Crippen LogP contribution is -2.14. The van der Waals surface area contributed by atoms with Gasteiger partial charge in [0, 0.05) is 16.8 Å². The molecular formula is C29H27NO3. The van der Waals surface area contributed by atoms with Gasteiger partial charge in [0.15, 0.2) is 0 Å². The third-order valence-electron chi connectivity index (χ3n) is 5.62. The maximum atomic E-state index is 12.9. The highest BCUT2D eigenvalue weighted by Crippen LogP contribution is 2.26. The second-order valence-electron chi connectivity index (χ2n) is 7.93. The van der Waals surface area contributed by atoms with Crippen LogP contribution in [0.3, 0.4) is 0 Å². The van der Waals surface area contributed by atoms with Crippen molar-refractivity contribution in [1.82, 2.24) is 0 Å². The molecule has 0 saturated carbocycles. The van der Waals surface area contributed by atoms with Gasteiger partial charge in [-0.15, -0.1) is 0 Å². The molecule has 4 nitrogen and oxygen atoms in total. The number of hydrogen-bond acceptors (Lipinski definition) is 3. The van der Waals surface area contributed by atoms with Gasteiger partial charge in [-0.05, 0) is 66.4 Å². The number of nitrogens with one attached hydrogen (secondary N) is 1. The van der Waals surface area contributed by atoms with Crippen LogP contribution >= 0.6 is 0 Å². The second kappa shape index (κ2) is 10.0. The van der Waals surface area contributed by atoms with Crippen molar-refractivity contribution in [3.05, 3.63) is 113 Å². The van der Waals surface area contributed by atoms with Crippen molar-refractivity contribution in [2.75, 3.05) is 12.4 Å². The molecule has 4 rings (SSSR count). The maximum absolute atomic E-state index is 12.9. The lowest BCUT2D eigenvalue weighted by molar-refractivity contribution is 0.102. The van der Waals surface area contributed by atoms with Gasteiger partial charge in [-0.2, -0.15) is 0 Å². The monoisotopic (exact) mass is 437 g/mol. The minimum absolute atomic E-state index is 0.163. The predicted molar refractivity (Wildman–Crippen MR) is 133 cm³/mol. The van der Waals surface area contributed by atoms with Crippen molar-refractivity contribution in [2.45, 2.75) is 20.5 Å². The molecule has 0 radical (unpaired) electrons. The average molecular weight is 438 g/mol. The Labute approximate surface area is 194 Å². The fraction of sp³-hybridized carbons (Fsp3) is 0.138. The molecule has 0 atom stereocenters. The minimum atomic E-state index is -0.163. The van der Waals surface area contributed by atoms with E-state index in [9.17, 15) is 4.79 Å². The van der Waals surface area contributed by atoms with Crippen LogP contribution in [0.4, 0.5) is 5.69 Å². The third-order valence-corrected chi connectivity index (χ3v) is 5.62. The number of amides is 1. The van der Waals surface area contributed by atoms with Crippen LogP contribution in [0.1, 0.15) is 27.0 Å². The standard InChI is InChI=1S/C29H27NO3/c1-20-8-7-9-21(2)28(20)30-29(31)24-14-17-27(32-3)25(18-24)19-33-26-15-12-23(13-16-26)22-10-5-4-6-11-22/h4-18H,19H2,1-3H3,(H,30,31). The molecule has 0 aliphatic heterocycles. The van der Waals surface area contributed by atoms with E-state index in [-0.39, 0.29) is 5.91 Å². The number of methoxy groups -OCH3 is 1.